The quantitative estimate of drug-likeness (QED) is 0.345. The third-order valence-corrected chi connectivity index (χ3v) is 5.36. The molecule has 1 aromatic heterocycles. The number of nitrogens with one attached hydrogen (secondary N) is 1. The summed E-state index contributed by atoms with van der Waals surface area (Å²) in [6.45, 7) is -0.446. The largest absolute Gasteiger partial charge is 0.495 e. The molecule has 0 atom stereocenters. The standard InChI is InChI=1S/C27H20N2O5/c1-32-22-14-4-2-12-20(22)28-24(30)16-33-27(31)19-11-7-9-17-8-6-10-18(25(17)19)26-29-21-13-3-5-15-23(21)34-26/h2-15H,16H2,1H3,(H,28,30). The Morgan fingerprint density at radius 2 is 1.68 bits per heavy atom. The van der Waals surface area contributed by atoms with E-state index < -0.39 is 18.5 Å². The summed E-state index contributed by atoms with van der Waals surface area (Å²) in [5.74, 6) is -0.179. The Labute approximate surface area is 194 Å². The van der Waals surface area contributed by atoms with Crippen molar-refractivity contribution < 1.29 is 23.5 Å². The lowest BCUT2D eigenvalue weighted by Crippen LogP contribution is -2.21. The molecular weight excluding hydrogens is 432 g/mol. The lowest BCUT2D eigenvalue weighted by atomic mass is 9.99. The van der Waals surface area contributed by atoms with Crippen molar-refractivity contribution in [1.29, 1.82) is 0 Å². The van der Waals surface area contributed by atoms with Crippen LogP contribution in [0.4, 0.5) is 5.69 Å². The zero-order chi connectivity index (χ0) is 23.5. The molecule has 5 rings (SSSR count). The Morgan fingerprint density at radius 3 is 2.50 bits per heavy atom. The van der Waals surface area contributed by atoms with Gasteiger partial charge in [0.25, 0.3) is 5.91 Å². The molecule has 0 aliphatic heterocycles. The molecule has 0 aliphatic carbocycles. The minimum absolute atomic E-state index is 0.320. The molecule has 0 saturated heterocycles. The van der Waals surface area contributed by atoms with E-state index >= 15 is 0 Å². The number of methoxy groups -OCH3 is 1. The van der Waals surface area contributed by atoms with Crippen molar-refractivity contribution in [3.8, 4) is 17.2 Å². The van der Waals surface area contributed by atoms with E-state index in [2.05, 4.69) is 10.3 Å². The Balaban J connectivity index is 1.42. The van der Waals surface area contributed by atoms with Crippen LogP contribution in [0.3, 0.4) is 0 Å². The van der Waals surface area contributed by atoms with Crippen LogP contribution in [0.5, 0.6) is 5.75 Å². The van der Waals surface area contributed by atoms with Gasteiger partial charge in [-0.1, -0.05) is 48.5 Å². The van der Waals surface area contributed by atoms with Crippen LogP contribution in [0.1, 0.15) is 10.4 Å². The van der Waals surface area contributed by atoms with E-state index in [0.29, 0.717) is 39.4 Å². The lowest BCUT2D eigenvalue weighted by Gasteiger charge is -2.11. The molecular formula is C27H20N2O5. The number of para-hydroxylation sites is 4. The molecule has 1 N–H and O–H groups in total. The number of aromatic nitrogens is 1. The molecule has 0 aliphatic rings. The fourth-order valence-electron chi connectivity index (χ4n) is 3.82. The van der Waals surface area contributed by atoms with E-state index in [-0.39, 0.29) is 0 Å². The van der Waals surface area contributed by atoms with Crippen LogP contribution in [0.15, 0.2) is 89.3 Å². The van der Waals surface area contributed by atoms with Gasteiger partial charge in [-0.2, -0.15) is 0 Å². The smallest absolute Gasteiger partial charge is 0.339 e. The van der Waals surface area contributed by atoms with E-state index in [1.807, 2.05) is 48.5 Å². The maximum absolute atomic E-state index is 13.0. The zero-order valence-corrected chi connectivity index (χ0v) is 18.3. The first-order chi connectivity index (χ1) is 16.6. The van der Waals surface area contributed by atoms with E-state index in [9.17, 15) is 9.59 Å². The molecule has 4 aromatic carbocycles. The van der Waals surface area contributed by atoms with Gasteiger partial charge in [-0.15, -0.1) is 0 Å². The average Bonchev–Trinajstić information content (AvgIpc) is 3.31. The van der Waals surface area contributed by atoms with E-state index in [0.717, 1.165) is 10.9 Å². The van der Waals surface area contributed by atoms with Crippen LogP contribution in [0.25, 0.3) is 33.3 Å². The number of benzene rings is 4. The van der Waals surface area contributed by atoms with Crippen molar-refractivity contribution in [3.63, 3.8) is 0 Å². The Kier molecular flexibility index (Phi) is 5.66. The molecule has 0 unspecified atom stereocenters. The predicted octanol–water partition coefficient (Wildman–Crippen LogP) is 5.45. The summed E-state index contributed by atoms with van der Waals surface area (Å²) in [6.07, 6.45) is 0. The number of esters is 1. The number of fused-ring (bicyclic) bond motifs is 2. The van der Waals surface area contributed by atoms with Crippen molar-refractivity contribution in [2.24, 2.45) is 0 Å². The van der Waals surface area contributed by atoms with Gasteiger partial charge in [-0.3, -0.25) is 4.79 Å². The van der Waals surface area contributed by atoms with E-state index in [4.69, 9.17) is 13.9 Å². The van der Waals surface area contributed by atoms with Gasteiger partial charge in [0.2, 0.25) is 5.89 Å². The van der Waals surface area contributed by atoms with Gasteiger partial charge >= 0.3 is 5.97 Å². The van der Waals surface area contributed by atoms with Gasteiger partial charge in [0, 0.05) is 10.9 Å². The highest BCUT2D eigenvalue weighted by Gasteiger charge is 2.19. The maximum Gasteiger partial charge on any atom is 0.339 e. The lowest BCUT2D eigenvalue weighted by molar-refractivity contribution is -0.119. The molecule has 168 valence electrons. The Bertz CT molecular complexity index is 1480. The highest BCUT2D eigenvalue weighted by molar-refractivity contribution is 6.10. The number of hydrogen-bond donors (Lipinski definition) is 1. The second kappa shape index (κ2) is 9.07. The highest BCUT2D eigenvalue weighted by atomic mass is 16.5. The molecule has 1 amide bonds. The Morgan fingerprint density at radius 1 is 0.912 bits per heavy atom. The van der Waals surface area contributed by atoms with Gasteiger partial charge in [0.15, 0.2) is 12.2 Å². The molecule has 0 fully saturated rings. The molecule has 5 aromatic rings. The summed E-state index contributed by atoms with van der Waals surface area (Å²) in [5.41, 5.74) is 2.86. The number of nitrogens with zero attached hydrogens (tertiary/aromatic N) is 1. The SMILES string of the molecule is COc1ccccc1NC(=O)COC(=O)c1cccc2cccc(-c3nc4ccccc4o3)c12. The average molecular weight is 452 g/mol. The summed E-state index contributed by atoms with van der Waals surface area (Å²) in [4.78, 5) is 30.0. The summed E-state index contributed by atoms with van der Waals surface area (Å²) >= 11 is 0. The van der Waals surface area contributed by atoms with Gasteiger partial charge in [-0.05, 0) is 41.8 Å². The Hall–Kier alpha value is -4.65. The predicted molar refractivity (Wildman–Crippen MR) is 129 cm³/mol. The summed E-state index contributed by atoms with van der Waals surface area (Å²) in [5, 5.41) is 4.16. The third-order valence-electron chi connectivity index (χ3n) is 5.36. The van der Waals surface area contributed by atoms with Crippen LogP contribution in [-0.2, 0) is 9.53 Å². The van der Waals surface area contributed by atoms with Crippen LogP contribution >= 0.6 is 0 Å². The van der Waals surface area contributed by atoms with Crippen molar-refractivity contribution in [3.05, 3.63) is 90.5 Å². The van der Waals surface area contributed by atoms with Crippen LogP contribution in [0.2, 0.25) is 0 Å². The zero-order valence-electron chi connectivity index (χ0n) is 18.3. The fraction of sp³-hybridized carbons (Fsp3) is 0.0741. The molecule has 1 heterocycles. The number of anilines is 1. The summed E-state index contributed by atoms with van der Waals surface area (Å²) in [7, 11) is 1.51. The number of oxazole rings is 1. The van der Waals surface area contributed by atoms with Gasteiger partial charge < -0.3 is 19.2 Å². The van der Waals surface area contributed by atoms with Crippen LogP contribution < -0.4 is 10.1 Å². The van der Waals surface area contributed by atoms with Crippen molar-refractivity contribution >= 4 is 39.4 Å². The molecule has 0 radical (unpaired) electrons. The first-order valence-electron chi connectivity index (χ1n) is 10.6. The van der Waals surface area contributed by atoms with E-state index in [1.54, 1.807) is 36.4 Å². The second-order valence-electron chi connectivity index (χ2n) is 7.52. The number of carbonyl (C=O) groups excluding carboxylic acids is 2. The van der Waals surface area contributed by atoms with Crippen LogP contribution in [-0.4, -0.2) is 30.6 Å². The minimum atomic E-state index is -0.621. The van der Waals surface area contributed by atoms with Gasteiger partial charge in [0.1, 0.15) is 11.3 Å². The fourth-order valence-corrected chi connectivity index (χ4v) is 3.82. The van der Waals surface area contributed by atoms with Crippen molar-refractivity contribution in [2.45, 2.75) is 0 Å². The van der Waals surface area contributed by atoms with Crippen molar-refractivity contribution in [2.75, 3.05) is 19.0 Å². The van der Waals surface area contributed by atoms with Crippen LogP contribution in [0, 0.1) is 0 Å². The molecule has 0 spiro atoms. The second-order valence-corrected chi connectivity index (χ2v) is 7.52. The highest BCUT2D eigenvalue weighted by Crippen LogP contribution is 2.33. The normalized spacial score (nSPS) is 10.9. The van der Waals surface area contributed by atoms with E-state index in [1.165, 1.54) is 7.11 Å². The first kappa shape index (κ1) is 21.2. The number of amides is 1. The molecule has 34 heavy (non-hydrogen) atoms. The first-order valence-corrected chi connectivity index (χ1v) is 10.6. The van der Waals surface area contributed by atoms with Crippen molar-refractivity contribution in [1.82, 2.24) is 4.98 Å². The number of ether oxygens (including phenoxy) is 2. The third kappa shape index (κ3) is 4.06. The summed E-state index contributed by atoms with van der Waals surface area (Å²) < 4.78 is 16.5. The number of rotatable bonds is 6. The topological polar surface area (TPSA) is 90.7 Å². The molecule has 0 bridgehead atoms. The molecule has 0 saturated carbocycles. The minimum Gasteiger partial charge on any atom is -0.495 e. The monoisotopic (exact) mass is 452 g/mol. The molecule has 7 nitrogen and oxygen atoms in total. The summed E-state index contributed by atoms with van der Waals surface area (Å²) in [6, 6.07) is 25.4. The van der Waals surface area contributed by atoms with Gasteiger partial charge in [-0.25, -0.2) is 9.78 Å². The number of carbonyl (C=O) groups is 2. The van der Waals surface area contributed by atoms with Gasteiger partial charge in [0.05, 0.1) is 18.4 Å². The maximum atomic E-state index is 13.0. The molecule has 7 heteroatoms. The number of hydrogen-bond acceptors (Lipinski definition) is 6.